The summed E-state index contributed by atoms with van der Waals surface area (Å²) in [7, 11) is 0. The minimum Gasteiger partial charge on any atom is -0.295 e. The summed E-state index contributed by atoms with van der Waals surface area (Å²) < 4.78 is 0. The third-order valence-corrected chi connectivity index (χ3v) is 1.02. The van der Waals surface area contributed by atoms with Gasteiger partial charge in [-0.1, -0.05) is 0 Å². The molecule has 0 aliphatic rings. The van der Waals surface area contributed by atoms with Gasteiger partial charge in [0.05, 0.1) is 0 Å². The van der Waals surface area contributed by atoms with Crippen LogP contribution in [0.4, 0.5) is 0 Å². The smallest absolute Gasteiger partial charge is 0.209 e. The SMILES string of the molecule is CC(=O)/C(C)=C\C(=O)S. The van der Waals surface area contributed by atoms with Gasteiger partial charge in [-0.3, -0.25) is 9.59 Å². The molecule has 0 fully saturated rings. The van der Waals surface area contributed by atoms with Gasteiger partial charge in [-0.15, -0.1) is 12.6 Å². The van der Waals surface area contributed by atoms with Gasteiger partial charge in [0.15, 0.2) is 5.78 Å². The van der Waals surface area contributed by atoms with Crippen molar-refractivity contribution in [2.45, 2.75) is 13.8 Å². The van der Waals surface area contributed by atoms with E-state index in [0.717, 1.165) is 0 Å². The number of carbonyl (C=O) groups excluding carboxylic acids is 2. The van der Waals surface area contributed by atoms with Crippen molar-refractivity contribution >= 4 is 23.5 Å². The average molecular weight is 144 g/mol. The quantitative estimate of drug-likeness (QED) is 0.463. The highest BCUT2D eigenvalue weighted by atomic mass is 32.1. The molecule has 2 nitrogen and oxygen atoms in total. The van der Waals surface area contributed by atoms with Crippen LogP contribution in [0.1, 0.15) is 13.8 Å². The highest BCUT2D eigenvalue weighted by molar-refractivity contribution is 7.97. The average Bonchev–Trinajstić information content (AvgIpc) is 1.63. The van der Waals surface area contributed by atoms with Crippen LogP contribution < -0.4 is 0 Å². The van der Waals surface area contributed by atoms with E-state index in [4.69, 9.17) is 0 Å². The molecule has 0 spiro atoms. The lowest BCUT2D eigenvalue weighted by atomic mass is 10.2. The minimum absolute atomic E-state index is 0.0996. The topological polar surface area (TPSA) is 34.1 Å². The van der Waals surface area contributed by atoms with Crippen LogP contribution in [0.25, 0.3) is 0 Å². The molecule has 0 amide bonds. The van der Waals surface area contributed by atoms with E-state index in [0.29, 0.717) is 5.57 Å². The Morgan fingerprint density at radius 2 is 1.78 bits per heavy atom. The lowest BCUT2D eigenvalue weighted by Crippen LogP contribution is -1.93. The minimum atomic E-state index is -0.386. The fraction of sp³-hybridized carbons (Fsp3) is 0.333. The van der Waals surface area contributed by atoms with Crippen molar-refractivity contribution < 1.29 is 9.59 Å². The van der Waals surface area contributed by atoms with E-state index in [1.54, 1.807) is 6.92 Å². The summed E-state index contributed by atoms with van der Waals surface area (Å²) in [5.74, 6) is -0.0996. The Kier molecular flexibility index (Phi) is 3.24. The standard InChI is InChI=1S/C6H8O2S/c1-4(5(2)7)3-6(8)9/h3H,1-2H3,(H,8,9)/b4-3-. The van der Waals surface area contributed by atoms with E-state index in [9.17, 15) is 9.59 Å². The maximum Gasteiger partial charge on any atom is 0.209 e. The lowest BCUT2D eigenvalue weighted by molar-refractivity contribution is -0.114. The fourth-order valence-electron chi connectivity index (χ4n) is 0.287. The first-order chi connectivity index (χ1) is 4.04. The number of hydrogen-bond acceptors (Lipinski definition) is 2. The van der Waals surface area contributed by atoms with Crippen LogP contribution in [0.3, 0.4) is 0 Å². The van der Waals surface area contributed by atoms with Crippen molar-refractivity contribution in [2.75, 3.05) is 0 Å². The van der Waals surface area contributed by atoms with Crippen molar-refractivity contribution in [3.63, 3.8) is 0 Å². The summed E-state index contributed by atoms with van der Waals surface area (Å²) in [4.78, 5) is 20.6. The van der Waals surface area contributed by atoms with Crippen LogP contribution >= 0.6 is 12.6 Å². The van der Waals surface area contributed by atoms with E-state index < -0.39 is 0 Å². The molecule has 0 atom stereocenters. The first-order valence-electron chi connectivity index (χ1n) is 2.46. The van der Waals surface area contributed by atoms with Crippen LogP contribution in [-0.4, -0.2) is 10.9 Å². The van der Waals surface area contributed by atoms with Crippen molar-refractivity contribution in [1.29, 1.82) is 0 Å². The molecular formula is C6H8O2S. The molecule has 0 rings (SSSR count). The first kappa shape index (κ1) is 8.43. The van der Waals surface area contributed by atoms with Gasteiger partial charge in [-0.25, -0.2) is 0 Å². The van der Waals surface area contributed by atoms with Crippen LogP contribution in [0.2, 0.25) is 0 Å². The highest BCUT2D eigenvalue weighted by Gasteiger charge is 1.96. The van der Waals surface area contributed by atoms with Gasteiger partial charge >= 0.3 is 0 Å². The Hall–Kier alpha value is -0.570. The Morgan fingerprint density at radius 3 is 1.89 bits per heavy atom. The molecule has 0 radical (unpaired) electrons. The second kappa shape index (κ2) is 3.45. The fourth-order valence-corrected chi connectivity index (χ4v) is 0.480. The molecule has 0 heterocycles. The van der Waals surface area contributed by atoms with Gasteiger partial charge in [-0.2, -0.15) is 0 Å². The van der Waals surface area contributed by atoms with E-state index in [1.165, 1.54) is 13.0 Å². The van der Waals surface area contributed by atoms with E-state index in [-0.39, 0.29) is 10.9 Å². The van der Waals surface area contributed by atoms with Crippen LogP contribution in [-0.2, 0) is 9.59 Å². The third-order valence-electron chi connectivity index (χ3n) is 0.895. The Labute approximate surface area is 59.4 Å². The molecule has 0 aromatic heterocycles. The zero-order valence-corrected chi connectivity index (χ0v) is 6.24. The normalized spacial score (nSPS) is 11.2. The van der Waals surface area contributed by atoms with Gasteiger partial charge in [0.2, 0.25) is 5.12 Å². The largest absolute Gasteiger partial charge is 0.295 e. The molecule has 0 unspecified atom stereocenters. The van der Waals surface area contributed by atoms with Gasteiger partial charge in [-0.05, 0) is 25.5 Å². The van der Waals surface area contributed by atoms with Crippen molar-refractivity contribution in [3.05, 3.63) is 11.6 Å². The predicted octanol–water partition coefficient (Wildman–Crippen LogP) is 0.978. The molecule has 0 aromatic rings. The summed E-state index contributed by atoms with van der Waals surface area (Å²) >= 11 is 3.46. The van der Waals surface area contributed by atoms with Crippen LogP contribution in [0.15, 0.2) is 11.6 Å². The molecule has 0 N–H and O–H groups in total. The molecule has 0 saturated carbocycles. The second-order valence-corrected chi connectivity index (χ2v) is 2.16. The van der Waals surface area contributed by atoms with E-state index in [2.05, 4.69) is 12.6 Å². The number of ketones is 1. The third kappa shape index (κ3) is 3.97. The number of Topliss-reactive ketones (excluding diaryl/α,β-unsaturated/α-hetero) is 1. The summed E-state index contributed by atoms with van der Waals surface area (Å²) in [6.07, 6.45) is 1.20. The molecular weight excluding hydrogens is 136 g/mol. The summed E-state index contributed by atoms with van der Waals surface area (Å²) in [5.41, 5.74) is 0.440. The predicted molar refractivity (Wildman–Crippen MR) is 38.4 cm³/mol. The first-order valence-corrected chi connectivity index (χ1v) is 2.91. The number of allylic oxidation sites excluding steroid dienone is 1. The molecule has 0 saturated heterocycles. The van der Waals surface area contributed by atoms with Gasteiger partial charge in [0.25, 0.3) is 0 Å². The molecule has 0 aromatic carbocycles. The lowest BCUT2D eigenvalue weighted by Gasteiger charge is -1.87. The molecule has 0 aliphatic carbocycles. The van der Waals surface area contributed by atoms with Crippen LogP contribution in [0, 0.1) is 0 Å². The summed E-state index contributed by atoms with van der Waals surface area (Å²) in [6, 6.07) is 0. The number of carbonyl (C=O) groups is 2. The molecule has 3 heteroatoms. The van der Waals surface area contributed by atoms with Gasteiger partial charge < -0.3 is 0 Å². The molecule has 0 bridgehead atoms. The Balaban J connectivity index is 4.17. The number of rotatable bonds is 2. The summed E-state index contributed by atoms with van der Waals surface area (Å²) in [5, 5.41) is -0.386. The highest BCUT2D eigenvalue weighted by Crippen LogP contribution is 1.94. The maximum absolute atomic E-state index is 10.4. The number of thiol groups is 1. The monoisotopic (exact) mass is 144 g/mol. The zero-order chi connectivity index (χ0) is 7.44. The van der Waals surface area contributed by atoms with Crippen molar-refractivity contribution in [2.24, 2.45) is 0 Å². The number of hydrogen-bond donors (Lipinski definition) is 1. The Morgan fingerprint density at radius 1 is 1.33 bits per heavy atom. The van der Waals surface area contributed by atoms with Gasteiger partial charge in [0.1, 0.15) is 0 Å². The molecule has 0 aliphatic heterocycles. The maximum atomic E-state index is 10.4. The van der Waals surface area contributed by atoms with Gasteiger partial charge in [0, 0.05) is 0 Å². The van der Waals surface area contributed by atoms with E-state index >= 15 is 0 Å². The van der Waals surface area contributed by atoms with Crippen molar-refractivity contribution in [1.82, 2.24) is 0 Å². The second-order valence-electron chi connectivity index (χ2n) is 1.72. The summed E-state index contributed by atoms with van der Waals surface area (Å²) in [6.45, 7) is 2.99. The Bertz CT molecular complexity index is 170. The van der Waals surface area contributed by atoms with Crippen LogP contribution in [0.5, 0.6) is 0 Å². The molecule has 9 heavy (non-hydrogen) atoms. The molecule has 50 valence electrons. The zero-order valence-electron chi connectivity index (χ0n) is 5.34. The van der Waals surface area contributed by atoms with E-state index in [1.807, 2.05) is 0 Å². The van der Waals surface area contributed by atoms with Crippen molar-refractivity contribution in [3.8, 4) is 0 Å².